The predicted octanol–water partition coefficient (Wildman–Crippen LogP) is 1.20. The lowest BCUT2D eigenvalue weighted by Gasteiger charge is -2.34. The van der Waals surface area contributed by atoms with E-state index in [1.807, 2.05) is 0 Å². The van der Waals surface area contributed by atoms with Crippen molar-refractivity contribution in [2.45, 2.75) is 38.6 Å². The second-order valence-electron chi connectivity index (χ2n) is 4.89. The standard InChI is InChI=1S/C12H19NO3/c1-8-7-9(8)11(14)13-6-4-3-5-10(13)12(15)16-2/h8-10H,3-7H2,1-2H3/t8?,9?,10-/m1/s1. The molecule has 4 heteroatoms. The van der Waals surface area contributed by atoms with Crippen molar-refractivity contribution in [3.8, 4) is 0 Å². The van der Waals surface area contributed by atoms with E-state index in [1.165, 1.54) is 7.11 Å². The van der Waals surface area contributed by atoms with Gasteiger partial charge in [-0.2, -0.15) is 0 Å². The number of amides is 1. The van der Waals surface area contributed by atoms with Crippen molar-refractivity contribution in [3.63, 3.8) is 0 Å². The average Bonchev–Trinajstić information content (AvgIpc) is 3.04. The number of ether oxygens (including phenoxy) is 1. The lowest BCUT2D eigenvalue weighted by Crippen LogP contribution is -2.49. The molecule has 0 N–H and O–H groups in total. The number of carbonyl (C=O) groups is 2. The number of methoxy groups -OCH3 is 1. The SMILES string of the molecule is COC(=O)[C@H]1CCCCN1C(=O)C1CC1C. The van der Waals surface area contributed by atoms with Crippen LogP contribution in [0.1, 0.15) is 32.6 Å². The summed E-state index contributed by atoms with van der Waals surface area (Å²) in [6.07, 6.45) is 3.73. The molecule has 16 heavy (non-hydrogen) atoms. The van der Waals surface area contributed by atoms with Crippen molar-refractivity contribution in [2.75, 3.05) is 13.7 Å². The van der Waals surface area contributed by atoms with Gasteiger partial charge >= 0.3 is 5.97 Å². The predicted molar refractivity (Wildman–Crippen MR) is 58.6 cm³/mol. The van der Waals surface area contributed by atoms with Gasteiger partial charge in [0.05, 0.1) is 7.11 Å². The number of hydrogen-bond acceptors (Lipinski definition) is 3. The molecular formula is C12H19NO3. The summed E-state index contributed by atoms with van der Waals surface area (Å²) in [6, 6.07) is -0.334. The van der Waals surface area contributed by atoms with E-state index in [1.54, 1.807) is 4.90 Å². The zero-order chi connectivity index (χ0) is 11.7. The summed E-state index contributed by atoms with van der Waals surface area (Å²) in [5.74, 6) is 0.543. The monoisotopic (exact) mass is 225 g/mol. The topological polar surface area (TPSA) is 46.6 Å². The van der Waals surface area contributed by atoms with Gasteiger partial charge in [-0.1, -0.05) is 6.92 Å². The van der Waals surface area contributed by atoms with Gasteiger partial charge in [-0.15, -0.1) is 0 Å². The lowest BCUT2D eigenvalue weighted by molar-refractivity contribution is -0.155. The molecule has 0 aromatic rings. The molecule has 2 unspecified atom stereocenters. The Hall–Kier alpha value is -1.06. The van der Waals surface area contributed by atoms with E-state index in [9.17, 15) is 9.59 Å². The van der Waals surface area contributed by atoms with Crippen LogP contribution < -0.4 is 0 Å². The maximum Gasteiger partial charge on any atom is 0.328 e. The maximum absolute atomic E-state index is 12.1. The minimum atomic E-state index is -0.334. The highest BCUT2D eigenvalue weighted by Gasteiger charge is 2.44. The zero-order valence-electron chi connectivity index (χ0n) is 9.94. The number of nitrogens with zero attached hydrogens (tertiary/aromatic N) is 1. The van der Waals surface area contributed by atoms with E-state index < -0.39 is 0 Å². The Kier molecular flexibility index (Phi) is 3.17. The first-order valence-corrected chi connectivity index (χ1v) is 6.03. The van der Waals surface area contributed by atoms with Gasteiger partial charge in [-0.25, -0.2) is 4.79 Å². The fourth-order valence-electron chi connectivity index (χ4n) is 2.46. The number of hydrogen-bond donors (Lipinski definition) is 0. The molecule has 0 aromatic heterocycles. The third kappa shape index (κ3) is 2.06. The largest absolute Gasteiger partial charge is 0.467 e. The molecule has 4 nitrogen and oxygen atoms in total. The molecule has 1 aliphatic carbocycles. The molecule has 1 saturated carbocycles. The van der Waals surface area contributed by atoms with Gasteiger partial charge in [0.1, 0.15) is 6.04 Å². The molecule has 0 radical (unpaired) electrons. The van der Waals surface area contributed by atoms with Crippen molar-refractivity contribution < 1.29 is 14.3 Å². The second kappa shape index (κ2) is 4.44. The molecule has 1 heterocycles. The van der Waals surface area contributed by atoms with Crippen LogP contribution in [0, 0.1) is 11.8 Å². The molecule has 2 aliphatic rings. The van der Waals surface area contributed by atoms with Crippen molar-refractivity contribution in [3.05, 3.63) is 0 Å². The molecular weight excluding hydrogens is 206 g/mol. The van der Waals surface area contributed by atoms with Crippen LogP contribution in [0.3, 0.4) is 0 Å². The smallest absolute Gasteiger partial charge is 0.328 e. The molecule has 2 rings (SSSR count). The van der Waals surface area contributed by atoms with Crippen LogP contribution in [0.25, 0.3) is 0 Å². The first kappa shape index (κ1) is 11.4. The Morgan fingerprint density at radius 3 is 2.56 bits per heavy atom. The highest BCUT2D eigenvalue weighted by atomic mass is 16.5. The van der Waals surface area contributed by atoms with Gasteiger partial charge in [-0.3, -0.25) is 4.79 Å². The summed E-state index contributed by atoms with van der Waals surface area (Å²) in [5.41, 5.74) is 0. The first-order chi connectivity index (χ1) is 7.65. The third-order valence-corrected chi connectivity index (χ3v) is 3.69. The summed E-state index contributed by atoms with van der Waals surface area (Å²) >= 11 is 0. The molecule has 1 amide bonds. The van der Waals surface area contributed by atoms with E-state index in [-0.39, 0.29) is 23.8 Å². The molecule has 0 spiro atoms. The van der Waals surface area contributed by atoms with E-state index >= 15 is 0 Å². The third-order valence-electron chi connectivity index (χ3n) is 3.69. The van der Waals surface area contributed by atoms with Gasteiger partial charge in [0, 0.05) is 12.5 Å². The van der Waals surface area contributed by atoms with E-state index in [4.69, 9.17) is 4.74 Å². The Morgan fingerprint density at radius 2 is 2.00 bits per heavy atom. The molecule has 0 aromatic carbocycles. The van der Waals surface area contributed by atoms with Crippen LogP contribution in [0.15, 0.2) is 0 Å². The van der Waals surface area contributed by atoms with Crippen LogP contribution in [-0.2, 0) is 14.3 Å². The van der Waals surface area contributed by atoms with E-state index in [0.29, 0.717) is 12.5 Å². The summed E-state index contributed by atoms with van der Waals surface area (Å²) in [7, 11) is 1.39. The highest BCUT2D eigenvalue weighted by Crippen LogP contribution is 2.40. The fourth-order valence-corrected chi connectivity index (χ4v) is 2.46. The van der Waals surface area contributed by atoms with Gasteiger partial charge in [0.2, 0.25) is 5.91 Å². The van der Waals surface area contributed by atoms with Crippen molar-refractivity contribution in [1.29, 1.82) is 0 Å². The Labute approximate surface area is 95.9 Å². The number of esters is 1. The maximum atomic E-state index is 12.1. The molecule has 90 valence electrons. The van der Waals surface area contributed by atoms with Crippen molar-refractivity contribution in [1.82, 2.24) is 4.90 Å². The molecule has 2 fully saturated rings. The number of likely N-dealkylation sites (tertiary alicyclic amines) is 1. The summed E-state index contributed by atoms with van der Waals surface area (Å²) < 4.78 is 4.76. The van der Waals surface area contributed by atoms with Crippen LogP contribution in [-0.4, -0.2) is 36.5 Å². The first-order valence-electron chi connectivity index (χ1n) is 6.03. The molecule has 0 bridgehead atoms. The number of piperidine rings is 1. The summed E-state index contributed by atoms with van der Waals surface area (Å²) in [4.78, 5) is 25.4. The zero-order valence-corrected chi connectivity index (χ0v) is 9.94. The van der Waals surface area contributed by atoms with Crippen LogP contribution in [0.5, 0.6) is 0 Å². The van der Waals surface area contributed by atoms with Crippen LogP contribution in [0.2, 0.25) is 0 Å². The van der Waals surface area contributed by atoms with E-state index in [0.717, 1.165) is 25.7 Å². The highest BCUT2D eigenvalue weighted by molar-refractivity contribution is 5.87. The Morgan fingerprint density at radius 1 is 1.31 bits per heavy atom. The van der Waals surface area contributed by atoms with Gasteiger partial charge < -0.3 is 9.64 Å². The van der Waals surface area contributed by atoms with Crippen molar-refractivity contribution in [2.24, 2.45) is 11.8 Å². The lowest BCUT2D eigenvalue weighted by atomic mass is 10.0. The second-order valence-corrected chi connectivity index (χ2v) is 4.89. The van der Waals surface area contributed by atoms with Gasteiger partial charge in [0.15, 0.2) is 0 Å². The molecule has 1 aliphatic heterocycles. The molecule has 1 saturated heterocycles. The summed E-state index contributed by atoms with van der Waals surface area (Å²) in [6.45, 7) is 2.79. The number of carbonyl (C=O) groups excluding carboxylic acids is 2. The fraction of sp³-hybridized carbons (Fsp3) is 0.833. The normalized spacial score (nSPS) is 33.4. The minimum Gasteiger partial charge on any atom is -0.467 e. The number of rotatable bonds is 2. The van der Waals surface area contributed by atoms with Crippen LogP contribution in [0.4, 0.5) is 0 Å². The average molecular weight is 225 g/mol. The quantitative estimate of drug-likeness (QED) is 0.663. The summed E-state index contributed by atoms with van der Waals surface area (Å²) in [5, 5.41) is 0. The molecule has 3 atom stereocenters. The Balaban J connectivity index is 2.04. The van der Waals surface area contributed by atoms with Gasteiger partial charge in [-0.05, 0) is 31.6 Å². The Bertz CT molecular complexity index is 303. The van der Waals surface area contributed by atoms with Gasteiger partial charge in [0.25, 0.3) is 0 Å². The van der Waals surface area contributed by atoms with E-state index in [2.05, 4.69) is 6.92 Å². The van der Waals surface area contributed by atoms with Crippen molar-refractivity contribution >= 4 is 11.9 Å². The minimum absolute atomic E-state index is 0.155. The van der Waals surface area contributed by atoms with Crippen LogP contribution >= 0.6 is 0 Å².